The quantitative estimate of drug-likeness (QED) is 0.354. The number of amides is 2. The van der Waals surface area contributed by atoms with E-state index in [9.17, 15) is 9.59 Å². The lowest BCUT2D eigenvalue weighted by Crippen LogP contribution is -2.45. The van der Waals surface area contributed by atoms with E-state index in [2.05, 4.69) is 15.5 Å². The van der Waals surface area contributed by atoms with E-state index < -0.39 is 5.41 Å². The Bertz CT molecular complexity index is 1230. The Morgan fingerprint density at radius 3 is 2.55 bits per heavy atom. The van der Waals surface area contributed by atoms with E-state index in [1.165, 1.54) is 19.3 Å². The van der Waals surface area contributed by atoms with E-state index in [0.717, 1.165) is 38.0 Å². The second-order valence-corrected chi connectivity index (χ2v) is 12.6. The van der Waals surface area contributed by atoms with Gasteiger partial charge in [0, 0.05) is 31.2 Å². The maximum atomic E-state index is 13.3. The number of hydrogen-bond acceptors (Lipinski definition) is 4. The molecule has 3 unspecified atom stereocenters. The summed E-state index contributed by atoms with van der Waals surface area (Å²) in [5.41, 5.74) is 1.21. The fraction of sp³-hybridized carbons (Fsp3) is 0.613. The molecule has 2 amide bonds. The first kappa shape index (κ1) is 28.2. The number of nitrogens with zero attached hydrogens (tertiary/aromatic N) is 3. The average molecular weight is 549 g/mol. The van der Waals surface area contributed by atoms with Gasteiger partial charge in [-0.05, 0) is 82.9 Å². The van der Waals surface area contributed by atoms with Gasteiger partial charge in [0.2, 0.25) is 11.9 Å². The molecule has 3 N–H and O–H groups in total. The Kier molecular flexibility index (Phi) is 7.93. The molecule has 1 aromatic rings. The number of hydrogen-bond donors (Lipinski definition) is 3. The summed E-state index contributed by atoms with van der Waals surface area (Å²) in [7, 11) is 3.34. The number of ether oxygens (including phenoxy) is 1. The van der Waals surface area contributed by atoms with E-state index in [4.69, 9.17) is 15.1 Å². The number of amidine groups is 1. The monoisotopic (exact) mass is 548 g/mol. The third kappa shape index (κ3) is 5.47. The fourth-order valence-corrected chi connectivity index (χ4v) is 7.26. The van der Waals surface area contributed by atoms with Crippen molar-refractivity contribution in [2.24, 2.45) is 22.2 Å². The predicted molar refractivity (Wildman–Crippen MR) is 158 cm³/mol. The van der Waals surface area contributed by atoms with Crippen molar-refractivity contribution in [3.05, 3.63) is 35.5 Å². The van der Waals surface area contributed by atoms with Gasteiger partial charge < -0.3 is 25.2 Å². The number of anilines is 1. The minimum absolute atomic E-state index is 0.0363. The lowest BCUT2D eigenvalue weighted by molar-refractivity contribution is -0.136. The largest absolute Gasteiger partial charge is 0.495 e. The molecule has 1 aromatic carbocycles. The van der Waals surface area contributed by atoms with E-state index >= 15 is 0 Å². The first-order chi connectivity index (χ1) is 19.1. The molecular formula is C31H44N6O3. The maximum absolute atomic E-state index is 13.3. The number of methoxy groups -OCH3 is 1. The van der Waals surface area contributed by atoms with Gasteiger partial charge in [0.1, 0.15) is 5.75 Å². The van der Waals surface area contributed by atoms with E-state index in [1.54, 1.807) is 37.3 Å². The SMILES string of the molecule is C/C=C1\C(=N/C(=N)Nc2ccc(C(=O)NC3CC4CCC3C4)cc2OC)N(C2CCCC2)CC(C)(C)C(=O)N1C. The third-order valence-electron chi connectivity index (χ3n) is 9.34. The third-order valence-corrected chi connectivity index (χ3v) is 9.34. The maximum Gasteiger partial charge on any atom is 0.251 e. The molecule has 3 saturated carbocycles. The van der Waals surface area contributed by atoms with E-state index in [-0.39, 0.29) is 29.9 Å². The van der Waals surface area contributed by atoms with Crippen molar-refractivity contribution in [3.8, 4) is 5.75 Å². The van der Waals surface area contributed by atoms with Crippen LogP contribution in [0.1, 0.15) is 82.5 Å². The van der Waals surface area contributed by atoms with Crippen LogP contribution in [0.25, 0.3) is 0 Å². The smallest absolute Gasteiger partial charge is 0.251 e. The molecule has 0 spiro atoms. The number of carbonyl (C=O) groups excluding carboxylic acids is 2. The van der Waals surface area contributed by atoms with Crippen molar-refractivity contribution in [1.29, 1.82) is 5.41 Å². The number of allylic oxidation sites excluding steroid dienone is 1. The van der Waals surface area contributed by atoms with Crippen LogP contribution >= 0.6 is 0 Å². The summed E-state index contributed by atoms with van der Waals surface area (Å²) in [6.45, 7) is 6.40. The summed E-state index contributed by atoms with van der Waals surface area (Å²) < 4.78 is 5.61. The summed E-state index contributed by atoms with van der Waals surface area (Å²) in [5.74, 6) is 2.36. The highest BCUT2D eigenvalue weighted by atomic mass is 16.5. The number of nitrogens with one attached hydrogen (secondary N) is 3. The highest BCUT2D eigenvalue weighted by Gasteiger charge is 2.43. The normalized spacial score (nSPS) is 28.3. The average Bonchev–Trinajstić information content (AvgIpc) is 3.70. The van der Waals surface area contributed by atoms with Crippen molar-refractivity contribution in [1.82, 2.24) is 15.1 Å². The first-order valence-electron chi connectivity index (χ1n) is 14.8. The highest BCUT2D eigenvalue weighted by molar-refractivity contribution is 6.11. The molecule has 9 nitrogen and oxygen atoms in total. The standard InChI is InChI=1S/C31H44N6O3/c1-6-25-27(37(22-9-7-8-10-22)18-31(2,3)29(39)36(25)4)35-30(32)34-23-14-13-21(17-26(23)40-5)28(38)33-24-16-19-11-12-20(24)15-19/h6,13-14,17,19-20,22,24H,7-12,15-16,18H2,1-5H3,(H2,32,34)(H,33,38)/b25-6+,35-27+. The van der Waals surface area contributed by atoms with Gasteiger partial charge in [-0.25, -0.2) is 0 Å². The molecule has 5 rings (SSSR count). The van der Waals surface area contributed by atoms with Gasteiger partial charge in [-0.15, -0.1) is 0 Å². The van der Waals surface area contributed by atoms with Crippen molar-refractivity contribution in [2.75, 3.05) is 26.0 Å². The van der Waals surface area contributed by atoms with Crippen LogP contribution in [0.15, 0.2) is 35.0 Å². The number of rotatable bonds is 5. The number of benzene rings is 1. The fourth-order valence-electron chi connectivity index (χ4n) is 7.26. The van der Waals surface area contributed by atoms with Gasteiger partial charge in [-0.2, -0.15) is 4.99 Å². The number of guanidine groups is 1. The molecule has 1 heterocycles. The zero-order chi connectivity index (χ0) is 28.6. The number of likely N-dealkylation sites (N-methyl/N-ethyl adjacent to an activating group) is 1. The zero-order valence-electron chi connectivity index (χ0n) is 24.5. The lowest BCUT2D eigenvalue weighted by atomic mass is 9.91. The molecule has 4 aliphatic rings. The van der Waals surface area contributed by atoms with Gasteiger partial charge in [-0.1, -0.05) is 25.3 Å². The summed E-state index contributed by atoms with van der Waals surface area (Å²) >= 11 is 0. The minimum Gasteiger partial charge on any atom is -0.495 e. The zero-order valence-corrected chi connectivity index (χ0v) is 24.5. The van der Waals surface area contributed by atoms with Gasteiger partial charge >= 0.3 is 0 Å². The molecular weight excluding hydrogens is 504 g/mol. The molecule has 3 atom stereocenters. The second kappa shape index (κ2) is 11.3. The van der Waals surface area contributed by atoms with Crippen LogP contribution in [-0.2, 0) is 4.79 Å². The second-order valence-electron chi connectivity index (χ2n) is 12.6. The molecule has 2 bridgehead atoms. The highest BCUT2D eigenvalue weighted by Crippen LogP contribution is 2.44. The number of carbonyl (C=O) groups is 2. The minimum atomic E-state index is -0.587. The Morgan fingerprint density at radius 1 is 1.18 bits per heavy atom. The van der Waals surface area contributed by atoms with Gasteiger partial charge in [0.05, 0.1) is 23.9 Å². The Balaban J connectivity index is 1.37. The Hall–Kier alpha value is -3.36. The molecule has 40 heavy (non-hydrogen) atoms. The van der Waals surface area contributed by atoms with Crippen molar-refractivity contribution in [3.63, 3.8) is 0 Å². The van der Waals surface area contributed by atoms with Crippen molar-refractivity contribution in [2.45, 2.75) is 84.2 Å². The van der Waals surface area contributed by atoms with Crippen LogP contribution < -0.4 is 15.4 Å². The van der Waals surface area contributed by atoms with Crippen molar-refractivity contribution >= 4 is 29.3 Å². The topological polar surface area (TPSA) is 110 Å². The molecule has 0 radical (unpaired) electrons. The summed E-state index contributed by atoms with van der Waals surface area (Å²) in [4.78, 5) is 35.0. The summed E-state index contributed by atoms with van der Waals surface area (Å²) in [5, 5.41) is 15.1. The van der Waals surface area contributed by atoms with Crippen LogP contribution in [0.3, 0.4) is 0 Å². The molecule has 9 heteroatoms. The van der Waals surface area contributed by atoms with E-state index in [1.807, 2.05) is 26.8 Å². The molecule has 4 fully saturated rings. The lowest BCUT2D eigenvalue weighted by Gasteiger charge is -2.34. The molecule has 1 saturated heterocycles. The predicted octanol–water partition coefficient (Wildman–Crippen LogP) is 5.01. The summed E-state index contributed by atoms with van der Waals surface area (Å²) in [6.07, 6.45) is 11.1. The Labute approximate surface area is 237 Å². The van der Waals surface area contributed by atoms with Gasteiger partial charge in [-0.3, -0.25) is 15.0 Å². The van der Waals surface area contributed by atoms with Crippen LogP contribution in [0.2, 0.25) is 0 Å². The van der Waals surface area contributed by atoms with E-state index in [0.29, 0.717) is 41.0 Å². The van der Waals surface area contributed by atoms with Crippen LogP contribution in [0.5, 0.6) is 5.75 Å². The molecule has 0 aromatic heterocycles. The van der Waals surface area contributed by atoms with Crippen LogP contribution in [0.4, 0.5) is 5.69 Å². The van der Waals surface area contributed by atoms with Crippen LogP contribution in [0, 0.1) is 22.7 Å². The van der Waals surface area contributed by atoms with Gasteiger partial charge in [0.15, 0.2) is 5.84 Å². The van der Waals surface area contributed by atoms with Gasteiger partial charge in [0.25, 0.3) is 5.91 Å². The molecule has 3 aliphatic carbocycles. The van der Waals surface area contributed by atoms with Crippen LogP contribution in [-0.4, -0.2) is 66.2 Å². The van der Waals surface area contributed by atoms with Crippen molar-refractivity contribution < 1.29 is 14.3 Å². The number of aliphatic imine (C=N–C) groups is 1. The molecule has 1 aliphatic heterocycles. The number of fused-ring (bicyclic) bond motifs is 2. The summed E-state index contributed by atoms with van der Waals surface area (Å²) in [6, 6.07) is 5.78. The Morgan fingerprint density at radius 2 is 1.93 bits per heavy atom. The molecule has 216 valence electrons. The first-order valence-corrected chi connectivity index (χ1v) is 14.8.